The van der Waals surface area contributed by atoms with Gasteiger partial charge in [-0.15, -0.1) is 0 Å². The third-order valence-electron chi connectivity index (χ3n) is 5.53. The lowest BCUT2D eigenvalue weighted by Gasteiger charge is -2.28. The van der Waals surface area contributed by atoms with Crippen molar-refractivity contribution in [1.82, 2.24) is 5.32 Å². The molecular formula is C14H25NO2. The van der Waals surface area contributed by atoms with E-state index in [1.54, 1.807) is 0 Å². The fourth-order valence-corrected chi connectivity index (χ4v) is 3.56. The van der Waals surface area contributed by atoms with Crippen LogP contribution in [0.3, 0.4) is 0 Å². The van der Waals surface area contributed by atoms with E-state index in [-0.39, 0.29) is 34.8 Å². The lowest BCUT2D eigenvalue weighted by molar-refractivity contribution is -0.126. The summed E-state index contributed by atoms with van der Waals surface area (Å²) in [6.07, 6.45) is 4.06. The van der Waals surface area contributed by atoms with Gasteiger partial charge in [0.15, 0.2) is 0 Å². The predicted molar refractivity (Wildman–Crippen MR) is 67.5 cm³/mol. The first-order valence-corrected chi connectivity index (χ1v) is 6.70. The zero-order valence-electron chi connectivity index (χ0n) is 11.5. The van der Waals surface area contributed by atoms with E-state index in [1.165, 1.54) is 0 Å². The number of carbonyl (C=O) groups is 1. The normalized spacial score (nSPS) is 29.0. The molecule has 0 aromatic heterocycles. The Balaban J connectivity index is 2.04. The van der Waals surface area contributed by atoms with Crippen LogP contribution < -0.4 is 5.32 Å². The van der Waals surface area contributed by atoms with E-state index in [2.05, 4.69) is 33.0 Å². The molecule has 0 unspecified atom stereocenters. The second kappa shape index (κ2) is 3.71. The summed E-state index contributed by atoms with van der Waals surface area (Å²) < 4.78 is 0. The SMILES string of the molecule is CC1(C)C(C(=O)NC2(CO)CCCC2)C1(C)C. The van der Waals surface area contributed by atoms with Crippen LogP contribution >= 0.6 is 0 Å². The van der Waals surface area contributed by atoms with Gasteiger partial charge >= 0.3 is 0 Å². The van der Waals surface area contributed by atoms with Gasteiger partial charge in [0.1, 0.15) is 0 Å². The molecule has 0 atom stereocenters. The molecule has 1 amide bonds. The number of aliphatic hydroxyl groups is 1. The zero-order valence-corrected chi connectivity index (χ0v) is 11.5. The monoisotopic (exact) mass is 239 g/mol. The number of hydrogen-bond donors (Lipinski definition) is 2. The predicted octanol–water partition coefficient (Wildman–Crippen LogP) is 2.09. The van der Waals surface area contributed by atoms with Crippen LogP contribution in [0.25, 0.3) is 0 Å². The summed E-state index contributed by atoms with van der Waals surface area (Å²) in [4.78, 5) is 12.3. The first-order chi connectivity index (χ1) is 7.77. The number of aliphatic hydroxyl groups excluding tert-OH is 1. The topological polar surface area (TPSA) is 49.3 Å². The molecule has 2 N–H and O–H groups in total. The van der Waals surface area contributed by atoms with Crippen LogP contribution in [0.2, 0.25) is 0 Å². The van der Waals surface area contributed by atoms with Crippen molar-refractivity contribution in [2.75, 3.05) is 6.61 Å². The van der Waals surface area contributed by atoms with Gasteiger partial charge in [-0.3, -0.25) is 4.79 Å². The Morgan fingerprint density at radius 1 is 1.18 bits per heavy atom. The molecule has 0 bridgehead atoms. The minimum Gasteiger partial charge on any atom is -0.394 e. The molecule has 3 heteroatoms. The molecule has 17 heavy (non-hydrogen) atoms. The van der Waals surface area contributed by atoms with E-state index >= 15 is 0 Å². The molecule has 98 valence electrons. The molecular weight excluding hydrogens is 214 g/mol. The van der Waals surface area contributed by atoms with E-state index in [4.69, 9.17) is 0 Å². The third kappa shape index (κ3) is 1.79. The summed E-state index contributed by atoms with van der Waals surface area (Å²) in [7, 11) is 0. The smallest absolute Gasteiger partial charge is 0.224 e. The highest BCUT2D eigenvalue weighted by molar-refractivity contribution is 5.84. The largest absolute Gasteiger partial charge is 0.394 e. The van der Waals surface area contributed by atoms with Gasteiger partial charge in [-0.25, -0.2) is 0 Å². The number of carbonyl (C=O) groups excluding carboxylic acids is 1. The van der Waals surface area contributed by atoms with Crippen LogP contribution in [0, 0.1) is 16.7 Å². The van der Waals surface area contributed by atoms with Crippen molar-refractivity contribution in [2.45, 2.75) is 58.9 Å². The van der Waals surface area contributed by atoms with Crippen molar-refractivity contribution >= 4 is 5.91 Å². The highest BCUT2D eigenvalue weighted by atomic mass is 16.3. The molecule has 0 spiro atoms. The Labute approximate surface area is 104 Å². The molecule has 0 heterocycles. The Morgan fingerprint density at radius 2 is 1.65 bits per heavy atom. The maximum Gasteiger partial charge on any atom is 0.224 e. The summed E-state index contributed by atoms with van der Waals surface area (Å²) in [5.41, 5.74) is -0.176. The first kappa shape index (κ1) is 12.9. The van der Waals surface area contributed by atoms with Crippen molar-refractivity contribution < 1.29 is 9.90 Å². The Bertz CT molecular complexity index is 313. The third-order valence-corrected chi connectivity index (χ3v) is 5.53. The summed E-state index contributed by atoms with van der Waals surface area (Å²) in [5, 5.41) is 12.6. The summed E-state index contributed by atoms with van der Waals surface area (Å²) >= 11 is 0. The second-order valence-corrected chi connectivity index (χ2v) is 7.01. The molecule has 0 aliphatic heterocycles. The fourth-order valence-electron chi connectivity index (χ4n) is 3.56. The molecule has 0 aromatic rings. The maximum absolute atomic E-state index is 12.3. The van der Waals surface area contributed by atoms with Crippen LogP contribution in [-0.2, 0) is 4.79 Å². The van der Waals surface area contributed by atoms with Crippen molar-refractivity contribution in [1.29, 1.82) is 0 Å². The molecule has 0 radical (unpaired) electrons. The van der Waals surface area contributed by atoms with Crippen molar-refractivity contribution in [3.05, 3.63) is 0 Å². The van der Waals surface area contributed by atoms with Gasteiger partial charge in [0, 0.05) is 5.92 Å². The minimum atomic E-state index is -0.328. The van der Waals surface area contributed by atoms with Gasteiger partial charge in [-0.1, -0.05) is 40.5 Å². The summed E-state index contributed by atoms with van der Waals surface area (Å²) in [5.74, 6) is 0.218. The molecule has 2 fully saturated rings. The Hall–Kier alpha value is -0.570. The van der Waals surface area contributed by atoms with Crippen LogP contribution in [-0.4, -0.2) is 23.2 Å². The van der Waals surface area contributed by atoms with Crippen LogP contribution in [0.1, 0.15) is 53.4 Å². The minimum absolute atomic E-state index is 0.0757. The van der Waals surface area contributed by atoms with Gasteiger partial charge in [-0.05, 0) is 23.7 Å². The van der Waals surface area contributed by atoms with Crippen molar-refractivity contribution in [3.63, 3.8) is 0 Å². The highest BCUT2D eigenvalue weighted by Gasteiger charge is 2.68. The highest BCUT2D eigenvalue weighted by Crippen LogP contribution is 2.68. The van der Waals surface area contributed by atoms with Crippen molar-refractivity contribution in [2.24, 2.45) is 16.7 Å². The van der Waals surface area contributed by atoms with Gasteiger partial charge < -0.3 is 10.4 Å². The number of hydrogen-bond acceptors (Lipinski definition) is 2. The van der Waals surface area contributed by atoms with E-state index in [9.17, 15) is 9.90 Å². The average molecular weight is 239 g/mol. The second-order valence-electron chi connectivity index (χ2n) is 7.01. The molecule has 2 saturated carbocycles. The number of nitrogens with one attached hydrogen (secondary N) is 1. The average Bonchev–Trinajstić information content (AvgIpc) is 2.58. The Morgan fingerprint density at radius 3 is 2.00 bits per heavy atom. The van der Waals surface area contributed by atoms with Crippen LogP contribution in [0.4, 0.5) is 0 Å². The van der Waals surface area contributed by atoms with Gasteiger partial charge in [0.25, 0.3) is 0 Å². The summed E-state index contributed by atoms with van der Waals surface area (Å²) in [6.45, 7) is 8.68. The van der Waals surface area contributed by atoms with Crippen molar-refractivity contribution in [3.8, 4) is 0 Å². The maximum atomic E-state index is 12.3. The number of rotatable bonds is 3. The van der Waals surface area contributed by atoms with E-state index < -0.39 is 0 Å². The van der Waals surface area contributed by atoms with E-state index in [0.717, 1.165) is 25.7 Å². The zero-order chi connectivity index (χ0) is 12.9. The Kier molecular flexibility index (Phi) is 2.81. The molecule has 3 nitrogen and oxygen atoms in total. The molecule has 0 saturated heterocycles. The first-order valence-electron chi connectivity index (χ1n) is 6.70. The molecule has 2 aliphatic rings. The van der Waals surface area contributed by atoms with Crippen LogP contribution in [0.5, 0.6) is 0 Å². The van der Waals surface area contributed by atoms with Gasteiger partial charge in [-0.2, -0.15) is 0 Å². The van der Waals surface area contributed by atoms with Crippen LogP contribution in [0.15, 0.2) is 0 Å². The fraction of sp³-hybridized carbons (Fsp3) is 0.929. The number of amides is 1. The van der Waals surface area contributed by atoms with Gasteiger partial charge in [0.2, 0.25) is 5.91 Å². The lowest BCUT2D eigenvalue weighted by atomic mass is 9.98. The molecule has 2 aliphatic carbocycles. The van der Waals surface area contributed by atoms with Gasteiger partial charge in [0.05, 0.1) is 12.1 Å². The molecule has 2 rings (SSSR count). The summed E-state index contributed by atoms with van der Waals surface area (Å²) in [6, 6.07) is 0. The standard InChI is InChI=1S/C14H25NO2/c1-12(2)10(13(12,3)4)11(17)15-14(9-16)7-5-6-8-14/h10,16H,5-9H2,1-4H3,(H,15,17). The lowest BCUT2D eigenvalue weighted by Crippen LogP contribution is -2.50. The quantitative estimate of drug-likeness (QED) is 0.792. The molecule has 0 aromatic carbocycles. The van der Waals surface area contributed by atoms with E-state index in [1.807, 2.05) is 0 Å². The van der Waals surface area contributed by atoms with E-state index in [0.29, 0.717) is 0 Å².